The average molecular weight is 351 g/mol. The Labute approximate surface area is 154 Å². The van der Waals surface area contributed by atoms with Gasteiger partial charge in [0.1, 0.15) is 0 Å². The van der Waals surface area contributed by atoms with E-state index < -0.39 is 0 Å². The number of pyridine rings is 1. The maximum absolute atomic E-state index is 12.6. The van der Waals surface area contributed by atoms with Crippen LogP contribution in [0.5, 0.6) is 0 Å². The van der Waals surface area contributed by atoms with Crippen LogP contribution in [0.4, 0.5) is 0 Å². The van der Waals surface area contributed by atoms with Gasteiger partial charge in [-0.3, -0.25) is 14.6 Å². The molecule has 26 heavy (non-hydrogen) atoms. The highest BCUT2D eigenvalue weighted by Gasteiger charge is 2.18. The topological polar surface area (TPSA) is 62.3 Å². The highest BCUT2D eigenvalue weighted by Crippen LogP contribution is 2.14. The van der Waals surface area contributed by atoms with Crippen LogP contribution in [0.15, 0.2) is 42.6 Å². The molecule has 1 N–H and O–H groups in total. The summed E-state index contributed by atoms with van der Waals surface area (Å²) in [7, 11) is 0. The summed E-state index contributed by atoms with van der Waals surface area (Å²) in [5.41, 5.74) is 3.45. The number of likely N-dealkylation sites (tertiary alicyclic amines) is 1. The van der Waals surface area contributed by atoms with Gasteiger partial charge in [-0.1, -0.05) is 18.2 Å². The quantitative estimate of drug-likeness (QED) is 0.901. The summed E-state index contributed by atoms with van der Waals surface area (Å²) in [5, 5.41) is 2.92. The van der Waals surface area contributed by atoms with E-state index in [9.17, 15) is 9.59 Å². The van der Waals surface area contributed by atoms with Crippen molar-refractivity contribution >= 4 is 11.8 Å². The number of hydrogen-bond donors (Lipinski definition) is 1. The third-order valence-corrected chi connectivity index (χ3v) is 4.64. The zero-order chi connectivity index (χ0) is 18.4. The van der Waals surface area contributed by atoms with E-state index in [-0.39, 0.29) is 11.8 Å². The van der Waals surface area contributed by atoms with Crippen molar-refractivity contribution in [3.8, 4) is 0 Å². The Kier molecular flexibility index (Phi) is 6.00. The zero-order valence-corrected chi connectivity index (χ0v) is 15.2. The molecule has 2 heterocycles. The largest absolute Gasteiger partial charge is 0.352 e. The summed E-state index contributed by atoms with van der Waals surface area (Å²) < 4.78 is 0. The second-order valence-corrected chi connectivity index (χ2v) is 6.81. The lowest BCUT2D eigenvalue weighted by atomic mass is 10.1. The number of carbonyl (C=O) groups excluding carboxylic acids is 2. The number of nitrogens with one attached hydrogen (secondary N) is 1. The second-order valence-electron chi connectivity index (χ2n) is 6.81. The molecule has 1 aromatic carbocycles. The van der Waals surface area contributed by atoms with Gasteiger partial charge in [0.2, 0.25) is 5.91 Å². The lowest BCUT2D eigenvalue weighted by Gasteiger charge is -2.26. The van der Waals surface area contributed by atoms with Gasteiger partial charge in [-0.2, -0.15) is 0 Å². The number of piperidine rings is 1. The van der Waals surface area contributed by atoms with Crippen molar-refractivity contribution in [2.75, 3.05) is 13.1 Å². The molecule has 1 aliphatic rings. The predicted octanol–water partition coefficient (Wildman–Crippen LogP) is 2.88. The smallest absolute Gasteiger partial charge is 0.253 e. The molecule has 0 atom stereocenters. The molecule has 1 aliphatic heterocycles. The van der Waals surface area contributed by atoms with Crippen molar-refractivity contribution in [3.05, 3.63) is 65.0 Å². The first kappa shape index (κ1) is 18.1. The highest BCUT2D eigenvalue weighted by molar-refractivity contribution is 5.94. The third kappa shape index (κ3) is 4.91. The van der Waals surface area contributed by atoms with Gasteiger partial charge in [0.25, 0.3) is 5.91 Å². The van der Waals surface area contributed by atoms with Gasteiger partial charge in [-0.25, -0.2) is 0 Å². The van der Waals surface area contributed by atoms with Crippen molar-refractivity contribution < 1.29 is 9.59 Å². The molecule has 5 nitrogen and oxygen atoms in total. The Hall–Kier alpha value is -2.69. The van der Waals surface area contributed by atoms with Gasteiger partial charge in [-0.05, 0) is 55.5 Å². The van der Waals surface area contributed by atoms with E-state index in [1.165, 1.54) is 6.42 Å². The number of benzene rings is 1. The molecule has 3 rings (SSSR count). The van der Waals surface area contributed by atoms with Crippen LogP contribution >= 0.6 is 0 Å². The SMILES string of the molecule is Cc1ccc(CC(=O)NCc2cccc(C(=O)N3CCCCC3)c2)cn1. The van der Waals surface area contributed by atoms with E-state index in [1.807, 2.05) is 48.2 Å². The van der Waals surface area contributed by atoms with E-state index in [0.29, 0.717) is 18.5 Å². The molecule has 0 aliphatic carbocycles. The van der Waals surface area contributed by atoms with Crippen LogP contribution in [-0.4, -0.2) is 34.8 Å². The number of carbonyl (C=O) groups is 2. The first-order valence-electron chi connectivity index (χ1n) is 9.18. The van der Waals surface area contributed by atoms with Crippen molar-refractivity contribution in [2.24, 2.45) is 0 Å². The standard InChI is InChI=1S/C21H25N3O2/c1-16-8-9-18(14-22-16)13-20(25)23-15-17-6-5-7-19(12-17)21(26)24-10-3-2-4-11-24/h5-9,12,14H,2-4,10-11,13,15H2,1H3,(H,23,25). The van der Waals surface area contributed by atoms with Gasteiger partial charge >= 0.3 is 0 Å². The number of aryl methyl sites for hydroxylation is 1. The predicted molar refractivity (Wildman–Crippen MR) is 101 cm³/mol. The number of rotatable bonds is 5. The van der Waals surface area contributed by atoms with Crippen LogP contribution in [0.2, 0.25) is 0 Å². The molecule has 2 amide bonds. The van der Waals surface area contributed by atoms with Crippen LogP contribution in [0.3, 0.4) is 0 Å². The lowest BCUT2D eigenvalue weighted by Crippen LogP contribution is -2.35. The molecular weight excluding hydrogens is 326 g/mol. The number of amides is 2. The van der Waals surface area contributed by atoms with Gasteiger partial charge in [0.15, 0.2) is 0 Å². The fourth-order valence-electron chi connectivity index (χ4n) is 3.15. The van der Waals surface area contributed by atoms with Crippen LogP contribution in [0, 0.1) is 6.92 Å². The van der Waals surface area contributed by atoms with Crippen molar-refractivity contribution in [3.63, 3.8) is 0 Å². The monoisotopic (exact) mass is 351 g/mol. The van der Waals surface area contributed by atoms with Gasteiger partial charge < -0.3 is 10.2 Å². The van der Waals surface area contributed by atoms with Gasteiger partial charge in [0, 0.05) is 37.1 Å². The molecule has 1 fully saturated rings. The van der Waals surface area contributed by atoms with E-state index in [1.54, 1.807) is 6.20 Å². The van der Waals surface area contributed by atoms with Crippen LogP contribution in [0.1, 0.15) is 46.4 Å². The lowest BCUT2D eigenvalue weighted by molar-refractivity contribution is -0.120. The molecule has 1 aromatic heterocycles. The molecule has 0 unspecified atom stereocenters. The summed E-state index contributed by atoms with van der Waals surface area (Å²) in [6.07, 6.45) is 5.39. The minimum absolute atomic E-state index is 0.0524. The van der Waals surface area contributed by atoms with Crippen LogP contribution < -0.4 is 5.32 Å². The Morgan fingerprint density at radius 3 is 2.62 bits per heavy atom. The van der Waals surface area contributed by atoms with Crippen LogP contribution in [0.25, 0.3) is 0 Å². The summed E-state index contributed by atoms with van der Waals surface area (Å²) in [4.78, 5) is 30.8. The first-order chi connectivity index (χ1) is 12.6. The summed E-state index contributed by atoms with van der Waals surface area (Å²) >= 11 is 0. The Morgan fingerprint density at radius 1 is 1.08 bits per heavy atom. The maximum atomic E-state index is 12.6. The molecular formula is C21H25N3O2. The van der Waals surface area contributed by atoms with Crippen LogP contribution in [-0.2, 0) is 17.8 Å². The van der Waals surface area contributed by atoms with E-state index in [4.69, 9.17) is 0 Å². The summed E-state index contributed by atoms with van der Waals surface area (Å²) in [6, 6.07) is 11.4. The Morgan fingerprint density at radius 2 is 1.88 bits per heavy atom. The number of aromatic nitrogens is 1. The Bertz CT molecular complexity index is 765. The minimum Gasteiger partial charge on any atom is -0.352 e. The third-order valence-electron chi connectivity index (χ3n) is 4.64. The minimum atomic E-state index is -0.0524. The summed E-state index contributed by atoms with van der Waals surface area (Å²) in [6.45, 7) is 4.01. The molecule has 1 saturated heterocycles. The molecule has 5 heteroatoms. The molecule has 0 radical (unpaired) electrons. The number of nitrogens with zero attached hydrogens (tertiary/aromatic N) is 2. The van der Waals surface area contributed by atoms with E-state index >= 15 is 0 Å². The fourth-order valence-corrected chi connectivity index (χ4v) is 3.15. The normalized spacial score (nSPS) is 14.1. The highest BCUT2D eigenvalue weighted by atomic mass is 16.2. The van der Waals surface area contributed by atoms with Crippen molar-refractivity contribution in [1.82, 2.24) is 15.2 Å². The first-order valence-corrected chi connectivity index (χ1v) is 9.18. The molecule has 2 aromatic rings. The molecule has 0 saturated carbocycles. The molecule has 0 bridgehead atoms. The maximum Gasteiger partial charge on any atom is 0.253 e. The van der Waals surface area contributed by atoms with E-state index in [0.717, 1.165) is 42.8 Å². The molecule has 0 spiro atoms. The van der Waals surface area contributed by atoms with Crippen molar-refractivity contribution in [2.45, 2.75) is 39.2 Å². The zero-order valence-electron chi connectivity index (χ0n) is 15.2. The van der Waals surface area contributed by atoms with E-state index in [2.05, 4.69) is 10.3 Å². The van der Waals surface area contributed by atoms with Gasteiger partial charge in [-0.15, -0.1) is 0 Å². The number of hydrogen-bond acceptors (Lipinski definition) is 3. The Balaban J connectivity index is 1.55. The van der Waals surface area contributed by atoms with Crippen molar-refractivity contribution in [1.29, 1.82) is 0 Å². The molecule has 136 valence electrons. The average Bonchev–Trinajstić information content (AvgIpc) is 2.68. The summed E-state index contributed by atoms with van der Waals surface area (Å²) in [5.74, 6) is 0.0343. The second kappa shape index (κ2) is 8.61. The fraction of sp³-hybridized carbons (Fsp3) is 0.381. The van der Waals surface area contributed by atoms with Gasteiger partial charge in [0.05, 0.1) is 6.42 Å².